The summed E-state index contributed by atoms with van der Waals surface area (Å²) in [5.41, 5.74) is -3.93. The van der Waals surface area contributed by atoms with Gasteiger partial charge in [0.1, 0.15) is 5.69 Å². The second kappa shape index (κ2) is 3.12. The van der Waals surface area contributed by atoms with Crippen molar-refractivity contribution in [2.75, 3.05) is 0 Å². The van der Waals surface area contributed by atoms with Crippen LogP contribution in [0.2, 0.25) is 0 Å². The van der Waals surface area contributed by atoms with Crippen molar-refractivity contribution < 1.29 is 35.1 Å². The first-order valence-corrected chi connectivity index (χ1v) is 4.45. The van der Waals surface area contributed by atoms with Crippen LogP contribution in [0.5, 0.6) is 0 Å². The SMILES string of the molecule is FC1(F)c2cccnc2C(F)(F)C(F)(F)C1(F)F. The van der Waals surface area contributed by atoms with Crippen LogP contribution in [-0.2, 0) is 11.8 Å². The summed E-state index contributed by atoms with van der Waals surface area (Å²) in [6, 6.07) is 0.905. The number of hydrogen-bond donors (Lipinski definition) is 0. The average molecular weight is 277 g/mol. The van der Waals surface area contributed by atoms with Gasteiger partial charge in [0.2, 0.25) is 0 Å². The molecule has 1 nitrogen and oxygen atoms in total. The van der Waals surface area contributed by atoms with E-state index in [1.165, 1.54) is 0 Å². The van der Waals surface area contributed by atoms with Crippen molar-refractivity contribution in [2.45, 2.75) is 23.7 Å². The molecule has 1 aliphatic rings. The van der Waals surface area contributed by atoms with E-state index < -0.39 is 34.9 Å². The first-order chi connectivity index (χ1) is 7.98. The molecule has 0 aromatic carbocycles. The van der Waals surface area contributed by atoms with Crippen LogP contribution in [0.25, 0.3) is 0 Å². The molecule has 0 amide bonds. The van der Waals surface area contributed by atoms with Gasteiger partial charge in [0.15, 0.2) is 0 Å². The highest BCUT2D eigenvalue weighted by Crippen LogP contribution is 2.63. The van der Waals surface area contributed by atoms with E-state index in [2.05, 4.69) is 4.98 Å². The summed E-state index contributed by atoms with van der Waals surface area (Å²) in [6.45, 7) is 0. The number of rotatable bonds is 0. The van der Waals surface area contributed by atoms with Gasteiger partial charge in [-0.05, 0) is 12.1 Å². The molecule has 0 fully saturated rings. The molecule has 0 aliphatic heterocycles. The molecule has 1 aromatic rings. The van der Waals surface area contributed by atoms with Crippen molar-refractivity contribution in [2.24, 2.45) is 0 Å². The average Bonchev–Trinajstić information content (AvgIpc) is 2.27. The number of alkyl halides is 8. The predicted octanol–water partition coefficient (Wildman–Crippen LogP) is 3.55. The number of aromatic nitrogens is 1. The summed E-state index contributed by atoms with van der Waals surface area (Å²) in [6.07, 6.45) is 0.544. The molecule has 9 heteroatoms. The van der Waals surface area contributed by atoms with Crippen molar-refractivity contribution >= 4 is 0 Å². The second-order valence-electron chi connectivity index (χ2n) is 3.70. The van der Waals surface area contributed by atoms with Gasteiger partial charge in [-0.1, -0.05) is 0 Å². The molecular formula is C9H3F8N. The van der Waals surface area contributed by atoms with Gasteiger partial charge in [-0.25, -0.2) is 0 Å². The van der Waals surface area contributed by atoms with Gasteiger partial charge in [-0.15, -0.1) is 0 Å². The van der Waals surface area contributed by atoms with Crippen molar-refractivity contribution in [3.63, 3.8) is 0 Å². The van der Waals surface area contributed by atoms with Crippen LogP contribution < -0.4 is 0 Å². The molecule has 0 bridgehead atoms. The topological polar surface area (TPSA) is 12.9 Å². The lowest BCUT2D eigenvalue weighted by Crippen LogP contribution is -2.64. The maximum absolute atomic E-state index is 13.2. The standard InChI is InChI=1S/C9H3F8N/c10-6(11)4-2-1-3-18-5(4)7(12,13)9(16,17)8(6,14)15/h1-3H. The molecule has 18 heavy (non-hydrogen) atoms. The summed E-state index contributed by atoms with van der Waals surface area (Å²) >= 11 is 0. The highest BCUT2D eigenvalue weighted by molar-refractivity contribution is 5.37. The Labute approximate surface area is 94.4 Å². The van der Waals surface area contributed by atoms with E-state index in [1.54, 1.807) is 0 Å². The number of pyridine rings is 1. The number of nitrogens with zero attached hydrogens (tertiary/aromatic N) is 1. The van der Waals surface area contributed by atoms with Crippen molar-refractivity contribution in [1.29, 1.82) is 0 Å². The maximum atomic E-state index is 13.2. The molecule has 1 aliphatic carbocycles. The Hall–Kier alpha value is -1.41. The van der Waals surface area contributed by atoms with Crippen LogP contribution >= 0.6 is 0 Å². The Morgan fingerprint density at radius 3 is 1.83 bits per heavy atom. The van der Waals surface area contributed by atoms with Crippen LogP contribution in [0.1, 0.15) is 11.3 Å². The molecule has 0 atom stereocenters. The minimum atomic E-state index is -6.23. The lowest BCUT2D eigenvalue weighted by atomic mass is 9.83. The fraction of sp³-hybridized carbons (Fsp3) is 0.444. The van der Waals surface area contributed by atoms with Crippen LogP contribution in [0.15, 0.2) is 18.3 Å². The van der Waals surface area contributed by atoms with Crippen LogP contribution in [0, 0.1) is 0 Å². The van der Waals surface area contributed by atoms with Crippen LogP contribution in [0.4, 0.5) is 35.1 Å². The molecule has 0 spiro atoms. The number of hydrogen-bond acceptors (Lipinski definition) is 1. The Balaban J connectivity index is 2.86. The normalized spacial score (nSPS) is 26.4. The van der Waals surface area contributed by atoms with Gasteiger partial charge in [-0.2, -0.15) is 35.1 Å². The van der Waals surface area contributed by atoms with Gasteiger partial charge < -0.3 is 0 Å². The van der Waals surface area contributed by atoms with Gasteiger partial charge in [-0.3, -0.25) is 4.98 Å². The summed E-state index contributed by atoms with van der Waals surface area (Å²) in [4.78, 5) is 2.69. The molecule has 0 saturated heterocycles. The first-order valence-electron chi connectivity index (χ1n) is 4.45. The molecule has 1 heterocycles. The fourth-order valence-electron chi connectivity index (χ4n) is 1.62. The van der Waals surface area contributed by atoms with E-state index in [1.807, 2.05) is 0 Å². The predicted molar refractivity (Wildman–Crippen MR) is 41.9 cm³/mol. The Bertz CT molecular complexity index is 450. The molecule has 0 unspecified atom stereocenters. The maximum Gasteiger partial charge on any atom is 0.384 e. The summed E-state index contributed by atoms with van der Waals surface area (Å²) in [5.74, 6) is -23.3. The first kappa shape index (κ1) is 13.0. The van der Waals surface area contributed by atoms with E-state index in [0.29, 0.717) is 12.3 Å². The van der Waals surface area contributed by atoms with E-state index >= 15 is 0 Å². The minimum Gasteiger partial charge on any atom is -0.254 e. The second-order valence-corrected chi connectivity index (χ2v) is 3.70. The highest BCUT2D eigenvalue weighted by atomic mass is 19.4. The molecule has 0 saturated carbocycles. The van der Waals surface area contributed by atoms with Crippen LogP contribution in [0.3, 0.4) is 0 Å². The zero-order chi connectivity index (χ0) is 14.0. The molecule has 0 radical (unpaired) electrons. The summed E-state index contributed by atoms with van der Waals surface area (Å²) in [5, 5.41) is 0. The van der Waals surface area contributed by atoms with Crippen LogP contribution in [-0.4, -0.2) is 16.8 Å². The number of halogens is 8. The zero-order valence-electron chi connectivity index (χ0n) is 8.20. The smallest absolute Gasteiger partial charge is 0.254 e. The highest BCUT2D eigenvalue weighted by Gasteiger charge is 2.85. The third-order valence-electron chi connectivity index (χ3n) is 2.63. The van der Waals surface area contributed by atoms with Gasteiger partial charge in [0, 0.05) is 6.20 Å². The van der Waals surface area contributed by atoms with Gasteiger partial charge in [0.25, 0.3) is 0 Å². The van der Waals surface area contributed by atoms with Crippen molar-refractivity contribution in [3.8, 4) is 0 Å². The monoisotopic (exact) mass is 277 g/mol. The third-order valence-corrected chi connectivity index (χ3v) is 2.63. The van der Waals surface area contributed by atoms with E-state index in [9.17, 15) is 35.1 Å². The Kier molecular flexibility index (Phi) is 2.26. The zero-order valence-corrected chi connectivity index (χ0v) is 8.20. The fourth-order valence-corrected chi connectivity index (χ4v) is 1.62. The summed E-state index contributed by atoms with van der Waals surface area (Å²) in [7, 11) is 0. The minimum absolute atomic E-state index is 0.222. The lowest BCUT2D eigenvalue weighted by molar-refractivity contribution is -0.387. The Morgan fingerprint density at radius 1 is 0.778 bits per heavy atom. The molecule has 2 rings (SSSR count). The lowest BCUT2D eigenvalue weighted by Gasteiger charge is -2.41. The largest absolute Gasteiger partial charge is 0.384 e. The van der Waals surface area contributed by atoms with Gasteiger partial charge >= 0.3 is 23.7 Å². The molecule has 100 valence electrons. The Morgan fingerprint density at radius 2 is 1.28 bits per heavy atom. The third kappa shape index (κ3) is 1.14. The van der Waals surface area contributed by atoms with Gasteiger partial charge in [0.05, 0.1) is 5.56 Å². The van der Waals surface area contributed by atoms with Crippen molar-refractivity contribution in [3.05, 3.63) is 29.6 Å². The van der Waals surface area contributed by atoms with E-state index in [0.717, 1.165) is 0 Å². The van der Waals surface area contributed by atoms with E-state index in [4.69, 9.17) is 0 Å². The molecule has 1 aromatic heterocycles. The molecular weight excluding hydrogens is 274 g/mol. The quantitative estimate of drug-likeness (QED) is 0.661. The van der Waals surface area contributed by atoms with E-state index in [-0.39, 0.29) is 6.07 Å². The number of fused-ring (bicyclic) bond motifs is 1. The molecule has 0 N–H and O–H groups in total. The van der Waals surface area contributed by atoms with Crippen molar-refractivity contribution in [1.82, 2.24) is 4.98 Å². The summed E-state index contributed by atoms with van der Waals surface area (Å²) < 4.78 is 104.